The zero-order chi connectivity index (χ0) is 13.1. The highest BCUT2D eigenvalue weighted by Crippen LogP contribution is 2.23. The van der Waals surface area contributed by atoms with Crippen LogP contribution in [0.5, 0.6) is 0 Å². The maximum Gasteiger partial charge on any atom is 0.0901 e. The summed E-state index contributed by atoms with van der Waals surface area (Å²) in [6.07, 6.45) is 0. The highest BCUT2D eigenvalue weighted by molar-refractivity contribution is 7.09. The number of anilines is 1. The summed E-state index contributed by atoms with van der Waals surface area (Å²) in [5, 5.41) is 8.60. The van der Waals surface area contributed by atoms with E-state index in [9.17, 15) is 0 Å². The summed E-state index contributed by atoms with van der Waals surface area (Å²) in [6.45, 7) is 2.79. The van der Waals surface area contributed by atoms with Gasteiger partial charge in [-0.05, 0) is 19.1 Å². The molecule has 0 bridgehead atoms. The number of aromatic nitrogens is 2. The van der Waals surface area contributed by atoms with Crippen LogP contribution in [0.15, 0.2) is 40.5 Å². The van der Waals surface area contributed by atoms with Crippen LogP contribution in [0.4, 0.5) is 5.69 Å². The number of nitrogens with zero attached hydrogens (tertiary/aromatic N) is 2. The number of benzene rings is 1. The van der Waals surface area contributed by atoms with E-state index >= 15 is 0 Å². The summed E-state index contributed by atoms with van der Waals surface area (Å²) < 4.78 is 0. The normalized spacial score (nSPS) is 10.6. The molecular formula is C14H13N3S2. The average molecular weight is 287 g/mol. The Morgan fingerprint density at radius 2 is 2.00 bits per heavy atom. The lowest BCUT2D eigenvalue weighted by Crippen LogP contribution is -1.99. The largest absolute Gasteiger partial charge is 0.379 e. The van der Waals surface area contributed by atoms with Crippen LogP contribution in [0.1, 0.15) is 10.7 Å². The Morgan fingerprint density at radius 3 is 2.63 bits per heavy atom. The van der Waals surface area contributed by atoms with Crippen LogP contribution in [0.3, 0.4) is 0 Å². The van der Waals surface area contributed by atoms with Crippen molar-refractivity contribution in [1.82, 2.24) is 9.97 Å². The monoisotopic (exact) mass is 287 g/mol. The molecule has 0 aliphatic rings. The molecule has 3 nitrogen and oxygen atoms in total. The lowest BCUT2D eigenvalue weighted by Gasteiger charge is -2.05. The Labute approximate surface area is 120 Å². The number of nitrogens with one attached hydrogen (secondary N) is 1. The van der Waals surface area contributed by atoms with Crippen molar-refractivity contribution in [3.05, 3.63) is 51.2 Å². The van der Waals surface area contributed by atoms with Gasteiger partial charge in [0, 0.05) is 22.0 Å². The maximum atomic E-state index is 4.49. The predicted molar refractivity (Wildman–Crippen MR) is 81.7 cm³/mol. The first-order chi connectivity index (χ1) is 9.31. The third-order valence-electron chi connectivity index (χ3n) is 2.76. The molecule has 0 aliphatic heterocycles. The molecule has 0 spiro atoms. The molecule has 19 heavy (non-hydrogen) atoms. The third-order valence-corrected chi connectivity index (χ3v) is 4.17. The molecule has 2 heterocycles. The van der Waals surface area contributed by atoms with Gasteiger partial charge in [-0.3, -0.25) is 0 Å². The molecule has 1 N–H and O–H groups in total. The molecule has 0 aliphatic carbocycles. The number of aryl methyl sites for hydroxylation is 1. The summed E-state index contributed by atoms with van der Waals surface area (Å²) in [5.74, 6) is 0. The summed E-state index contributed by atoms with van der Waals surface area (Å²) in [6, 6.07) is 8.35. The van der Waals surface area contributed by atoms with Crippen LogP contribution in [-0.4, -0.2) is 9.97 Å². The van der Waals surface area contributed by atoms with Gasteiger partial charge in [0.25, 0.3) is 0 Å². The summed E-state index contributed by atoms with van der Waals surface area (Å²) in [5.41, 5.74) is 6.23. The summed E-state index contributed by atoms with van der Waals surface area (Å²) >= 11 is 3.30. The SMILES string of the molecule is Cc1nc(-c2ccc(NCc3cscn3)cc2)cs1. The van der Waals surface area contributed by atoms with E-state index in [1.54, 1.807) is 22.7 Å². The maximum absolute atomic E-state index is 4.49. The van der Waals surface area contributed by atoms with Gasteiger partial charge in [0.05, 0.1) is 28.5 Å². The van der Waals surface area contributed by atoms with Crippen molar-refractivity contribution in [1.29, 1.82) is 0 Å². The van der Waals surface area contributed by atoms with Gasteiger partial charge in [-0.25, -0.2) is 9.97 Å². The van der Waals surface area contributed by atoms with E-state index in [0.717, 1.165) is 34.2 Å². The quantitative estimate of drug-likeness (QED) is 0.782. The first kappa shape index (κ1) is 12.3. The van der Waals surface area contributed by atoms with Gasteiger partial charge in [-0.1, -0.05) is 12.1 Å². The van der Waals surface area contributed by atoms with Crippen LogP contribution in [0.25, 0.3) is 11.3 Å². The first-order valence-electron chi connectivity index (χ1n) is 5.95. The molecule has 5 heteroatoms. The second kappa shape index (κ2) is 5.50. The van der Waals surface area contributed by atoms with E-state index in [2.05, 4.69) is 50.3 Å². The lowest BCUT2D eigenvalue weighted by atomic mass is 10.1. The standard InChI is InChI=1S/C14H13N3S2/c1-10-17-14(8-19-10)11-2-4-12(5-3-11)15-6-13-7-18-9-16-13/h2-5,7-9,15H,6H2,1H3. The van der Waals surface area contributed by atoms with E-state index in [1.807, 2.05) is 12.4 Å². The number of hydrogen-bond donors (Lipinski definition) is 1. The van der Waals surface area contributed by atoms with Gasteiger partial charge in [-0.2, -0.15) is 0 Å². The highest BCUT2D eigenvalue weighted by Gasteiger charge is 2.02. The minimum atomic E-state index is 0.763. The molecule has 0 unspecified atom stereocenters. The van der Waals surface area contributed by atoms with Gasteiger partial charge in [0.1, 0.15) is 0 Å². The van der Waals surface area contributed by atoms with Crippen molar-refractivity contribution in [3.63, 3.8) is 0 Å². The molecule has 3 aromatic rings. The van der Waals surface area contributed by atoms with Crippen molar-refractivity contribution in [2.45, 2.75) is 13.5 Å². The van der Waals surface area contributed by atoms with Crippen molar-refractivity contribution < 1.29 is 0 Å². The Balaban J connectivity index is 1.69. The number of rotatable bonds is 4. The molecule has 0 saturated heterocycles. The first-order valence-corrected chi connectivity index (χ1v) is 7.77. The van der Waals surface area contributed by atoms with Crippen LogP contribution < -0.4 is 5.32 Å². The fraction of sp³-hybridized carbons (Fsp3) is 0.143. The zero-order valence-electron chi connectivity index (χ0n) is 10.5. The minimum Gasteiger partial charge on any atom is -0.379 e. The van der Waals surface area contributed by atoms with Gasteiger partial charge < -0.3 is 5.32 Å². The smallest absolute Gasteiger partial charge is 0.0901 e. The van der Waals surface area contributed by atoms with Crippen molar-refractivity contribution in [2.24, 2.45) is 0 Å². The lowest BCUT2D eigenvalue weighted by molar-refractivity contribution is 1.07. The van der Waals surface area contributed by atoms with Crippen molar-refractivity contribution in [2.75, 3.05) is 5.32 Å². The second-order valence-corrected chi connectivity index (χ2v) is 5.94. The molecule has 96 valence electrons. The summed E-state index contributed by atoms with van der Waals surface area (Å²) in [4.78, 5) is 8.73. The molecule has 0 fully saturated rings. The number of thiazole rings is 2. The zero-order valence-corrected chi connectivity index (χ0v) is 12.1. The number of hydrogen-bond acceptors (Lipinski definition) is 5. The van der Waals surface area contributed by atoms with E-state index in [0.29, 0.717) is 0 Å². The van der Waals surface area contributed by atoms with E-state index in [-0.39, 0.29) is 0 Å². The van der Waals surface area contributed by atoms with Gasteiger partial charge in [0.15, 0.2) is 0 Å². The highest BCUT2D eigenvalue weighted by atomic mass is 32.1. The van der Waals surface area contributed by atoms with E-state index in [1.165, 1.54) is 0 Å². The second-order valence-electron chi connectivity index (χ2n) is 4.16. The van der Waals surface area contributed by atoms with Crippen LogP contribution in [-0.2, 0) is 6.54 Å². The van der Waals surface area contributed by atoms with Crippen LogP contribution in [0.2, 0.25) is 0 Å². The predicted octanol–water partition coefficient (Wildman–Crippen LogP) is 4.19. The third kappa shape index (κ3) is 3.00. The summed E-state index contributed by atoms with van der Waals surface area (Å²) in [7, 11) is 0. The molecule has 0 radical (unpaired) electrons. The van der Waals surface area contributed by atoms with Crippen molar-refractivity contribution >= 4 is 28.4 Å². The van der Waals surface area contributed by atoms with Gasteiger partial charge in [0.2, 0.25) is 0 Å². The molecule has 0 atom stereocenters. The fourth-order valence-corrected chi connectivity index (χ4v) is 2.95. The average Bonchev–Trinajstić information content (AvgIpc) is 3.08. The fourth-order valence-electron chi connectivity index (χ4n) is 1.77. The Hall–Kier alpha value is -1.72. The Morgan fingerprint density at radius 1 is 1.16 bits per heavy atom. The Bertz CT molecular complexity index is 642. The Kier molecular flexibility index (Phi) is 3.57. The molecule has 1 aromatic carbocycles. The molecular weight excluding hydrogens is 274 g/mol. The molecule has 0 saturated carbocycles. The van der Waals surface area contributed by atoms with E-state index < -0.39 is 0 Å². The topological polar surface area (TPSA) is 37.8 Å². The minimum absolute atomic E-state index is 0.763. The van der Waals surface area contributed by atoms with E-state index in [4.69, 9.17) is 0 Å². The van der Waals surface area contributed by atoms with Crippen molar-refractivity contribution in [3.8, 4) is 11.3 Å². The van der Waals surface area contributed by atoms with Crippen LogP contribution >= 0.6 is 22.7 Å². The molecule has 3 rings (SSSR count). The van der Waals surface area contributed by atoms with Crippen LogP contribution in [0, 0.1) is 6.92 Å². The van der Waals surface area contributed by atoms with Gasteiger partial charge in [-0.15, -0.1) is 22.7 Å². The molecule has 2 aromatic heterocycles. The van der Waals surface area contributed by atoms with Gasteiger partial charge >= 0.3 is 0 Å². The molecule has 0 amide bonds.